The lowest BCUT2D eigenvalue weighted by molar-refractivity contribution is 0.154. The summed E-state index contributed by atoms with van der Waals surface area (Å²) in [5.74, 6) is 0. The number of aryl methyl sites for hydroxylation is 1. The van der Waals surface area contributed by atoms with Crippen molar-refractivity contribution in [2.45, 2.75) is 19.9 Å². The molecule has 0 aliphatic carbocycles. The highest BCUT2D eigenvalue weighted by atomic mass is 16.4. The van der Waals surface area contributed by atoms with Crippen LogP contribution in [-0.2, 0) is 13.0 Å². The van der Waals surface area contributed by atoms with Gasteiger partial charge in [0.1, 0.15) is 0 Å². The Morgan fingerprint density at radius 1 is 1.29 bits per heavy atom. The van der Waals surface area contributed by atoms with E-state index in [1.165, 1.54) is 10.5 Å². The summed E-state index contributed by atoms with van der Waals surface area (Å²) in [6, 6.07) is 8.01. The quantitative estimate of drug-likeness (QED) is 0.800. The molecular formula is C11H15NO2. The second-order valence-electron chi connectivity index (χ2n) is 3.31. The van der Waals surface area contributed by atoms with E-state index in [2.05, 4.69) is 6.92 Å². The van der Waals surface area contributed by atoms with Crippen molar-refractivity contribution >= 4 is 6.09 Å². The number of benzene rings is 1. The molecule has 3 nitrogen and oxygen atoms in total. The molecule has 0 heterocycles. The fraction of sp³-hybridized carbons (Fsp3) is 0.364. The minimum atomic E-state index is -0.899. The van der Waals surface area contributed by atoms with E-state index >= 15 is 0 Å². The first kappa shape index (κ1) is 10.6. The van der Waals surface area contributed by atoms with Crippen LogP contribution in [0.4, 0.5) is 4.79 Å². The van der Waals surface area contributed by atoms with E-state index in [4.69, 9.17) is 5.11 Å². The Kier molecular flexibility index (Phi) is 3.51. The van der Waals surface area contributed by atoms with Gasteiger partial charge in [0, 0.05) is 13.6 Å². The van der Waals surface area contributed by atoms with Crippen molar-refractivity contribution in [1.29, 1.82) is 0 Å². The standard InChI is InChI=1S/C11H15NO2/c1-3-9-4-6-10(7-5-9)8-12(2)11(13)14/h4-7H,3,8H2,1-2H3,(H,13,14). The third kappa shape index (κ3) is 2.76. The summed E-state index contributed by atoms with van der Waals surface area (Å²) in [7, 11) is 1.57. The fourth-order valence-electron chi connectivity index (χ4n) is 1.22. The van der Waals surface area contributed by atoms with Crippen LogP contribution in [0.15, 0.2) is 24.3 Å². The van der Waals surface area contributed by atoms with Crippen LogP contribution < -0.4 is 0 Å². The molecule has 0 fully saturated rings. The zero-order valence-electron chi connectivity index (χ0n) is 8.53. The average molecular weight is 193 g/mol. The van der Waals surface area contributed by atoms with Gasteiger partial charge in [-0.1, -0.05) is 31.2 Å². The van der Waals surface area contributed by atoms with Gasteiger partial charge in [-0.15, -0.1) is 0 Å². The number of rotatable bonds is 3. The maximum Gasteiger partial charge on any atom is 0.407 e. The topological polar surface area (TPSA) is 40.5 Å². The Morgan fingerprint density at radius 2 is 1.79 bits per heavy atom. The highest BCUT2D eigenvalue weighted by molar-refractivity contribution is 5.64. The van der Waals surface area contributed by atoms with Crippen LogP contribution in [0.5, 0.6) is 0 Å². The number of amides is 1. The first-order valence-electron chi connectivity index (χ1n) is 4.65. The molecule has 0 aromatic heterocycles. The molecule has 3 heteroatoms. The van der Waals surface area contributed by atoms with Crippen LogP contribution in [0, 0.1) is 0 Å². The molecule has 0 bridgehead atoms. The highest BCUT2D eigenvalue weighted by Crippen LogP contribution is 2.07. The van der Waals surface area contributed by atoms with Crippen molar-refractivity contribution in [2.24, 2.45) is 0 Å². The molecule has 0 aliphatic rings. The van der Waals surface area contributed by atoms with Crippen LogP contribution in [0.25, 0.3) is 0 Å². The molecule has 0 atom stereocenters. The van der Waals surface area contributed by atoms with Gasteiger partial charge in [-0.25, -0.2) is 4.79 Å². The van der Waals surface area contributed by atoms with Crippen LogP contribution in [0.2, 0.25) is 0 Å². The minimum Gasteiger partial charge on any atom is -0.465 e. The van der Waals surface area contributed by atoms with Crippen LogP contribution >= 0.6 is 0 Å². The van der Waals surface area contributed by atoms with Gasteiger partial charge in [-0.3, -0.25) is 0 Å². The van der Waals surface area contributed by atoms with Gasteiger partial charge in [0.2, 0.25) is 0 Å². The molecule has 1 aromatic rings. The molecule has 0 spiro atoms. The Balaban J connectivity index is 2.64. The van der Waals surface area contributed by atoms with Crippen molar-refractivity contribution in [2.75, 3.05) is 7.05 Å². The molecule has 14 heavy (non-hydrogen) atoms. The summed E-state index contributed by atoms with van der Waals surface area (Å²) in [5, 5.41) is 8.67. The lowest BCUT2D eigenvalue weighted by atomic mass is 10.1. The molecule has 0 aliphatic heterocycles. The van der Waals surface area contributed by atoms with E-state index in [1.807, 2.05) is 24.3 Å². The van der Waals surface area contributed by atoms with Crippen molar-refractivity contribution in [3.8, 4) is 0 Å². The predicted molar refractivity (Wildman–Crippen MR) is 55.3 cm³/mol. The van der Waals surface area contributed by atoms with Crippen molar-refractivity contribution < 1.29 is 9.90 Å². The first-order valence-corrected chi connectivity index (χ1v) is 4.65. The van der Waals surface area contributed by atoms with E-state index in [0.717, 1.165) is 12.0 Å². The summed E-state index contributed by atoms with van der Waals surface area (Å²) in [6.07, 6.45) is 0.110. The highest BCUT2D eigenvalue weighted by Gasteiger charge is 2.05. The lowest BCUT2D eigenvalue weighted by Crippen LogP contribution is -2.23. The summed E-state index contributed by atoms with van der Waals surface area (Å²) in [5.41, 5.74) is 2.29. The zero-order valence-corrected chi connectivity index (χ0v) is 8.53. The molecule has 0 saturated heterocycles. The Hall–Kier alpha value is -1.51. The van der Waals surface area contributed by atoms with Gasteiger partial charge in [-0.05, 0) is 17.5 Å². The summed E-state index contributed by atoms with van der Waals surface area (Å²) in [6.45, 7) is 2.54. The number of carbonyl (C=O) groups is 1. The van der Waals surface area contributed by atoms with Crippen molar-refractivity contribution in [1.82, 2.24) is 4.90 Å². The molecule has 0 radical (unpaired) electrons. The summed E-state index contributed by atoms with van der Waals surface area (Å²) >= 11 is 0. The maximum atomic E-state index is 10.6. The molecule has 0 saturated carbocycles. The molecule has 1 amide bonds. The van der Waals surface area contributed by atoms with E-state index in [1.54, 1.807) is 7.05 Å². The normalized spacial score (nSPS) is 9.86. The molecule has 0 unspecified atom stereocenters. The molecule has 1 aromatic carbocycles. The largest absolute Gasteiger partial charge is 0.465 e. The van der Waals surface area contributed by atoms with Gasteiger partial charge in [0.05, 0.1) is 0 Å². The van der Waals surface area contributed by atoms with Crippen LogP contribution in [0.1, 0.15) is 18.1 Å². The van der Waals surface area contributed by atoms with Gasteiger partial charge in [0.25, 0.3) is 0 Å². The summed E-state index contributed by atoms with van der Waals surface area (Å²) in [4.78, 5) is 11.8. The smallest absolute Gasteiger partial charge is 0.407 e. The molecular weight excluding hydrogens is 178 g/mol. The predicted octanol–water partition coefficient (Wildman–Crippen LogP) is 2.36. The third-order valence-electron chi connectivity index (χ3n) is 2.18. The Bertz CT molecular complexity index is 306. The Morgan fingerprint density at radius 3 is 2.21 bits per heavy atom. The van der Waals surface area contributed by atoms with Gasteiger partial charge >= 0.3 is 6.09 Å². The minimum absolute atomic E-state index is 0.444. The van der Waals surface area contributed by atoms with Gasteiger partial charge in [0.15, 0.2) is 0 Å². The van der Waals surface area contributed by atoms with Gasteiger partial charge < -0.3 is 10.0 Å². The number of hydrogen-bond donors (Lipinski definition) is 1. The zero-order chi connectivity index (χ0) is 10.6. The monoisotopic (exact) mass is 193 g/mol. The van der Waals surface area contributed by atoms with Crippen LogP contribution in [0.3, 0.4) is 0 Å². The molecule has 1 N–H and O–H groups in total. The van der Waals surface area contributed by atoms with E-state index in [-0.39, 0.29) is 0 Å². The van der Waals surface area contributed by atoms with E-state index in [0.29, 0.717) is 6.54 Å². The number of carboxylic acid groups (broad SMARTS) is 1. The average Bonchev–Trinajstić information content (AvgIpc) is 2.19. The van der Waals surface area contributed by atoms with Crippen LogP contribution in [-0.4, -0.2) is 23.1 Å². The maximum absolute atomic E-state index is 10.6. The number of nitrogens with zero attached hydrogens (tertiary/aromatic N) is 1. The molecule has 76 valence electrons. The lowest BCUT2D eigenvalue weighted by Gasteiger charge is -2.12. The van der Waals surface area contributed by atoms with E-state index in [9.17, 15) is 4.79 Å². The second-order valence-corrected chi connectivity index (χ2v) is 3.31. The van der Waals surface area contributed by atoms with Crippen molar-refractivity contribution in [3.63, 3.8) is 0 Å². The van der Waals surface area contributed by atoms with Gasteiger partial charge in [-0.2, -0.15) is 0 Å². The van der Waals surface area contributed by atoms with Crippen molar-refractivity contribution in [3.05, 3.63) is 35.4 Å². The molecule has 1 rings (SSSR count). The first-order chi connectivity index (χ1) is 6.63. The second kappa shape index (κ2) is 4.65. The fourth-order valence-corrected chi connectivity index (χ4v) is 1.22. The summed E-state index contributed by atoms with van der Waals surface area (Å²) < 4.78 is 0. The third-order valence-corrected chi connectivity index (χ3v) is 2.18. The SMILES string of the molecule is CCc1ccc(CN(C)C(=O)O)cc1. The Labute approximate surface area is 84.0 Å². The number of hydrogen-bond acceptors (Lipinski definition) is 1. The van der Waals surface area contributed by atoms with E-state index < -0.39 is 6.09 Å².